The molecule has 0 saturated heterocycles. The van der Waals surface area contributed by atoms with Crippen LogP contribution in [0.1, 0.15) is 50.3 Å². The number of anilines is 6. The fraction of sp³-hybridized carbons (Fsp3) is 0.0238. The van der Waals surface area contributed by atoms with Crippen molar-refractivity contribution >= 4 is 76.4 Å². The highest BCUT2D eigenvalue weighted by atomic mass is 32.1. The van der Waals surface area contributed by atoms with E-state index in [1.807, 2.05) is 24.3 Å². The van der Waals surface area contributed by atoms with Crippen molar-refractivity contribution in [1.82, 2.24) is 0 Å². The second kappa shape index (κ2) is 22.0. The minimum Gasteiger partial charge on any atom is -0.310 e. The highest BCUT2D eigenvalue weighted by Gasteiger charge is 2.46. The number of para-hydroxylation sites is 4. The molecule has 14 aromatic carbocycles. The van der Waals surface area contributed by atoms with Crippen LogP contribution >= 0.6 is 11.3 Å². The SMILES string of the molecule is [2H]c1c([2H])c(-c2cc3sc4cc(N(c5ccccc5)c5ccccc5)cc(N(c5ccccc5)c5ccccc5)c4c3c3ccccc23)c([2H])c(C(c2cccc(-c3ccccc3)c2)c2cccc(C3(c4ccccc4)c4ccccc4-c4ccccc43)c2)c1[2H]. The monoisotopic (exact) mass is 1130 g/mol. The molecule has 0 saturated carbocycles. The highest BCUT2D eigenvalue weighted by Crippen LogP contribution is 2.57. The van der Waals surface area contributed by atoms with Crippen LogP contribution in [0.4, 0.5) is 34.1 Å². The summed E-state index contributed by atoms with van der Waals surface area (Å²) in [6.45, 7) is 0. The van der Waals surface area contributed by atoms with Crippen LogP contribution in [0.3, 0.4) is 0 Å². The molecule has 1 heterocycles. The third kappa shape index (κ3) is 8.94. The molecule has 3 heteroatoms. The number of hydrogen-bond donors (Lipinski definition) is 0. The van der Waals surface area contributed by atoms with Gasteiger partial charge in [0.05, 0.1) is 16.6 Å². The van der Waals surface area contributed by atoms with Crippen LogP contribution in [0.2, 0.25) is 0 Å². The molecule has 0 radical (unpaired) electrons. The van der Waals surface area contributed by atoms with Crippen molar-refractivity contribution in [2.75, 3.05) is 9.80 Å². The van der Waals surface area contributed by atoms with Crippen LogP contribution < -0.4 is 9.80 Å². The lowest BCUT2D eigenvalue weighted by molar-refractivity contribution is 0.764. The van der Waals surface area contributed by atoms with Crippen molar-refractivity contribution < 1.29 is 5.48 Å². The van der Waals surface area contributed by atoms with Gasteiger partial charge in [-0.2, -0.15) is 0 Å². The second-order valence-corrected chi connectivity index (χ2v) is 23.4. The summed E-state index contributed by atoms with van der Waals surface area (Å²) in [4.78, 5) is 4.68. The summed E-state index contributed by atoms with van der Waals surface area (Å²) in [5.74, 6) is -0.716. The van der Waals surface area contributed by atoms with E-state index < -0.39 is 11.3 Å². The molecule has 1 aliphatic rings. The quantitative estimate of drug-likeness (QED) is 0.106. The lowest BCUT2D eigenvalue weighted by atomic mass is 9.67. The third-order valence-corrected chi connectivity index (χ3v) is 18.5. The molecular formula is C84H58N2S. The van der Waals surface area contributed by atoms with Crippen LogP contribution in [-0.2, 0) is 5.41 Å². The number of hydrogen-bond acceptors (Lipinski definition) is 3. The van der Waals surface area contributed by atoms with Crippen molar-refractivity contribution in [3.63, 3.8) is 0 Å². The van der Waals surface area contributed by atoms with Crippen molar-refractivity contribution in [3.8, 4) is 33.4 Å². The van der Waals surface area contributed by atoms with E-state index in [1.54, 1.807) is 11.3 Å². The molecule has 1 aliphatic carbocycles. The zero-order chi connectivity index (χ0) is 61.2. The summed E-state index contributed by atoms with van der Waals surface area (Å²) in [6.07, 6.45) is 0. The first-order chi connectivity index (χ1) is 44.8. The highest BCUT2D eigenvalue weighted by molar-refractivity contribution is 7.26. The first-order valence-corrected chi connectivity index (χ1v) is 30.5. The van der Waals surface area contributed by atoms with Gasteiger partial charge in [0.15, 0.2) is 0 Å². The Morgan fingerprint density at radius 2 is 0.805 bits per heavy atom. The Morgan fingerprint density at radius 3 is 1.43 bits per heavy atom. The van der Waals surface area contributed by atoms with Gasteiger partial charge in [-0.1, -0.05) is 279 Å². The maximum atomic E-state index is 10.9. The van der Waals surface area contributed by atoms with Gasteiger partial charge < -0.3 is 9.80 Å². The van der Waals surface area contributed by atoms with Crippen molar-refractivity contribution in [2.45, 2.75) is 11.3 Å². The van der Waals surface area contributed by atoms with Crippen LogP contribution in [-0.4, -0.2) is 0 Å². The second-order valence-electron chi connectivity index (χ2n) is 22.3. The van der Waals surface area contributed by atoms with Crippen molar-refractivity contribution in [1.29, 1.82) is 0 Å². The van der Waals surface area contributed by atoms with Crippen molar-refractivity contribution in [2.24, 2.45) is 0 Å². The zero-order valence-corrected chi connectivity index (χ0v) is 48.3. The molecule has 2 nitrogen and oxygen atoms in total. The normalized spacial score (nSPS) is 13.3. The van der Waals surface area contributed by atoms with E-state index in [9.17, 15) is 5.48 Å². The average Bonchev–Trinajstić information content (AvgIpc) is 1.59. The van der Waals surface area contributed by atoms with Gasteiger partial charge in [-0.15, -0.1) is 11.3 Å². The molecule has 0 spiro atoms. The largest absolute Gasteiger partial charge is 0.310 e. The molecule has 15 aromatic rings. The Balaban J connectivity index is 0.961. The van der Waals surface area contributed by atoms with E-state index in [2.05, 4.69) is 307 Å². The molecule has 410 valence electrons. The standard InChI is InChI=1S/C84H58N2S/c1-7-28-58(29-8-1)59-30-25-32-61(52-59)81(63-34-27-37-65(54-63)84(64-35-9-2-10-36-64)76-50-23-21-47-72(76)73-48-22-24-51-77(73)84)62-33-26-31-60(53-62)75-57-80-82(74-49-20-19-46-71(74)75)83-78(86(68-42-15-5-16-43-68)69-44-17-6-18-45-69)55-70(56-79(83)87-80)85(66-38-11-3-12-39-66)67-40-13-4-14-41-67/h1-57,81H/i26D,31D,33D,53D. The summed E-state index contributed by atoms with van der Waals surface area (Å²) in [7, 11) is 0. The summed E-state index contributed by atoms with van der Waals surface area (Å²) in [5, 5.41) is 3.94. The Hall–Kier alpha value is -10.8. The van der Waals surface area contributed by atoms with Gasteiger partial charge in [0.1, 0.15) is 0 Å². The first kappa shape index (κ1) is 47.5. The van der Waals surface area contributed by atoms with Gasteiger partial charge in [0.25, 0.3) is 0 Å². The molecule has 0 fully saturated rings. The van der Waals surface area contributed by atoms with Gasteiger partial charge in [0.2, 0.25) is 0 Å². The van der Waals surface area contributed by atoms with Gasteiger partial charge in [-0.05, 0) is 150 Å². The Morgan fingerprint density at radius 1 is 0.322 bits per heavy atom. The van der Waals surface area contributed by atoms with Gasteiger partial charge >= 0.3 is 0 Å². The van der Waals surface area contributed by atoms with E-state index in [-0.39, 0.29) is 24.2 Å². The molecular weight excluding hydrogens is 1070 g/mol. The predicted octanol–water partition coefficient (Wildman–Crippen LogP) is 23.0. The first-order valence-electron chi connectivity index (χ1n) is 31.7. The van der Waals surface area contributed by atoms with Crippen LogP contribution in [0.25, 0.3) is 64.3 Å². The molecule has 1 unspecified atom stereocenters. The summed E-state index contributed by atoms with van der Waals surface area (Å²) < 4.78 is 43.2. The molecule has 0 aliphatic heterocycles. The molecule has 87 heavy (non-hydrogen) atoms. The predicted molar refractivity (Wildman–Crippen MR) is 368 cm³/mol. The van der Waals surface area contributed by atoms with E-state index >= 15 is 0 Å². The number of rotatable bonds is 13. The number of benzene rings is 14. The Bertz CT molecular complexity index is 5110. The molecule has 16 rings (SSSR count). The smallest absolute Gasteiger partial charge is 0.0713 e. The van der Waals surface area contributed by atoms with Crippen LogP contribution in [0.15, 0.2) is 346 Å². The van der Waals surface area contributed by atoms with Gasteiger partial charge in [-0.25, -0.2) is 0 Å². The third-order valence-electron chi connectivity index (χ3n) is 17.4. The van der Waals surface area contributed by atoms with E-state index in [0.29, 0.717) is 16.7 Å². The van der Waals surface area contributed by atoms with Gasteiger partial charge in [-0.3, -0.25) is 0 Å². The topological polar surface area (TPSA) is 6.48 Å². The minimum absolute atomic E-state index is 0.0510. The molecule has 1 atom stereocenters. The lowest BCUT2D eigenvalue weighted by Crippen LogP contribution is -2.28. The molecule has 0 N–H and O–H groups in total. The molecule has 1 aromatic heterocycles. The maximum Gasteiger partial charge on any atom is 0.0713 e. The number of fused-ring (bicyclic) bond motifs is 8. The Kier molecular flexibility index (Phi) is 12.0. The zero-order valence-electron chi connectivity index (χ0n) is 51.5. The number of thiophene rings is 1. The van der Waals surface area contributed by atoms with Crippen molar-refractivity contribution in [3.05, 3.63) is 385 Å². The summed E-state index contributed by atoms with van der Waals surface area (Å²) >= 11 is 1.69. The van der Waals surface area contributed by atoms with Crippen LogP contribution in [0, 0.1) is 0 Å². The fourth-order valence-corrected chi connectivity index (χ4v) is 15.0. The minimum atomic E-state index is -0.717. The Labute approximate surface area is 518 Å². The molecule has 0 amide bonds. The average molecular weight is 1130 g/mol. The summed E-state index contributed by atoms with van der Waals surface area (Å²) in [5.41, 5.74) is 17.4. The molecule has 0 bridgehead atoms. The number of nitrogens with zero attached hydrogens (tertiary/aromatic N) is 2. The van der Waals surface area contributed by atoms with Crippen LogP contribution in [0.5, 0.6) is 0 Å². The van der Waals surface area contributed by atoms with E-state index in [1.165, 1.54) is 22.3 Å². The maximum absolute atomic E-state index is 10.9. The fourth-order valence-electron chi connectivity index (χ4n) is 13.8. The summed E-state index contributed by atoms with van der Waals surface area (Å²) in [6, 6.07) is 113. The lowest BCUT2D eigenvalue weighted by Gasteiger charge is -2.34. The van der Waals surface area contributed by atoms with Gasteiger partial charge in [0, 0.05) is 54.5 Å². The van der Waals surface area contributed by atoms with E-state index in [4.69, 9.17) is 0 Å². The van der Waals surface area contributed by atoms with E-state index in [0.717, 1.165) is 98.4 Å².